The number of sulfonamides is 1. The first-order valence-electron chi connectivity index (χ1n) is 8.37. The van der Waals surface area contributed by atoms with Crippen molar-refractivity contribution in [2.75, 3.05) is 15.9 Å². The molecule has 0 heterocycles. The molecule has 0 unspecified atom stereocenters. The highest BCUT2D eigenvalue weighted by molar-refractivity contribution is 7.92. The molecule has 0 aliphatic rings. The van der Waals surface area contributed by atoms with E-state index in [1.165, 1.54) is 18.2 Å². The largest absolute Gasteiger partial charge is 0.324 e. The van der Waals surface area contributed by atoms with Gasteiger partial charge in [0.1, 0.15) is 6.04 Å². The fourth-order valence-corrected chi connectivity index (χ4v) is 4.22. The summed E-state index contributed by atoms with van der Waals surface area (Å²) >= 11 is 12.0. The van der Waals surface area contributed by atoms with Crippen molar-refractivity contribution in [2.24, 2.45) is 0 Å². The maximum Gasteiger partial charge on any atom is 0.248 e. The monoisotopic (exact) mass is 428 g/mol. The summed E-state index contributed by atoms with van der Waals surface area (Å²) in [6, 6.07) is 9.09. The van der Waals surface area contributed by atoms with Crippen molar-refractivity contribution in [1.29, 1.82) is 0 Å². The minimum atomic E-state index is -3.74. The van der Waals surface area contributed by atoms with Gasteiger partial charge in [-0.2, -0.15) is 0 Å². The maximum atomic E-state index is 12.9. The van der Waals surface area contributed by atoms with Crippen LogP contribution in [-0.4, -0.2) is 26.6 Å². The summed E-state index contributed by atoms with van der Waals surface area (Å²) in [4.78, 5) is 12.9. The number of carbonyl (C=O) groups excluding carboxylic acids is 1. The van der Waals surface area contributed by atoms with E-state index in [9.17, 15) is 13.2 Å². The number of halogens is 2. The van der Waals surface area contributed by atoms with E-state index in [0.29, 0.717) is 10.7 Å². The lowest BCUT2D eigenvalue weighted by Crippen LogP contribution is -2.47. The predicted octanol–water partition coefficient (Wildman–Crippen LogP) is 4.79. The van der Waals surface area contributed by atoms with Crippen LogP contribution >= 0.6 is 23.2 Å². The smallest absolute Gasteiger partial charge is 0.248 e. The second-order valence-electron chi connectivity index (χ2n) is 6.37. The van der Waals surface area contributed by atoms with Crippen molar-refractivity contribution in [1.82, 2.24) is 0 Å². The molecule has 2 aromatic rings. The average molecular weight is 429 g/mol. The molecule has 1 atom stereocenters. The summed E-state index contributed by atoms with van der Waals surface area (Å²) in [6.07, 6.45) is 1.34. The second kappa shape index (κ2) is 8.50. The van der Waals surface area contributed by atoms with Crippen molar-refractivity contribution in [2.45, 2.75) is 33.2 Å². The van der Waals surface area contributed by atoms with E-state index in [2.05, 4.69) is 5.32 Å². The average Bonchev–Trinajstić information content (AvgIpc) is 2.57. The molecule has 0 saturated heterocycles. The van der Waals surface area contributed by atoms with Gasteiger partial charge in [0.05, 0.1) is 22.0 Å². The van der Waals surface area contributed by atoms with Crippen LogP contribution in [0, 0.1) is 13.8 Å². The second-order valence-corrected chi connectivity index (χ2v) is 9.04. The van der Waals surface area contributed by atoms with Crippen LogP contribution in [-0.2, 0) is 14.8 Å². The number of nitrogens with one attached hydrogen (secondary N) is 1. The molecule has 0 radical (unpaired) electrons. The molecule has 0 spiro atoms. The highest BCUT2D eigenvalue weighted by atomic mass is 35.5. The van der Waals surface area contributed by atoms with Crippen LogP contribution in [0.25, 0.3) is 0 Å². The summed E-state index contributed by atoms with van der Waals surface area (Å²) in [5, 5.41) is 3.33. The van der Waals surface area contributed by atoms with E-state index in [-0.39, 0.29) is 17.1 Å². The number of amides is 1. The molecule has 1 N–H and O–H groups in total. The quantitative estimate of drug-likeness (QED) is 0.718. The van der Waals surface area contributed by atoms with Gasteiger partial charge in [-0.1, -0.05) is 36.2 Å². The Morgan fingerprint density at radius 2 is 1.74 bits per heavy atom. The Morgan fingerprint density at radius 3 is 2.26 bits per heavy atom. The summed E-state index contributed by atoms with van der Waals surface area (Å²) in [5.74, 6) is -0.419. The standard InChI is InChI=1S/C19H22Cl2N2O3S/c1-5-18(19(24)22-14-7-6-12(2)13(3)10-14)23(27(4,25)26)15-8-9-16(20)17(21)11-15/h6-11,18H,5H2,1-4H3,(H,22,24)/t18-/m1/s1. The van der Waals surface area contributed by atoms with Crippen LogP contribution in [0.2, 0.25) is 10.0 Å². The first-order valence-corrected chi connectivity index (χ1v) is 11.0. The van der Waals surface area contributed by atoms with E-state index < -0.39 is 22.0 Å². The topological polar surface area (TPSA) is 66.5 Å². The van der Waals surface area contributed by atoms with E-state index in [1.807, 2.05) is 26.0 Å². The van der Waals surface area contributed by atoms with Crippen LogP contribution in [0.4, 0.5) is 11.4 Å². The minimum absolute atomic E-state index is 0.215. The first-order chi connectivity index (χ1) is 12.5. The lowest BCUT2D eigenvalue weighted by molar-refractivity contribution is -0.117. The van der Waals surface area contributed by atoms with E-state index in [0.717, 1.165) is 21.7 Å². The molecule has 146 valence electrons. The molecule has 0 saturated carbocycles. The molecular formula is C19H22Cl2N2O3S. The number of benzene rings is 2. The SMILES string of the molecule is CC[C@H](C(=O)Nc1ccc(C)c(C)c1)N(c1ccc(Cl)c(Cl)c1)S(C)(=O)=O. The van der Waals surface area contributed by atoms with Crippen LogP contribution in [0.3, 0.4) is 0 Å². The van der Waals surface area contributed by atoms with Crippen molar-refractivity contribution in [3.63, 3.8) is 0 Å². The number of hydrogen-bond donors (Lipinski definition) is 1. The van der Waals surface area contributed by atoms with Crippen LogP contribution in [0.1, 0.15) is 24.5 Å². The Kier molecular flexibility index (Phi) is 6.78. The van der Waals surface area contributed by atoms with Crippen LogP contribution in [0.15, 0.2) is 36.4 Å². The highest BCUT2D eigenvalue weighted by Crippen LogP contribution is 2.30. The zero-order chi connectivity index (χ0) is 20.4. The Bertz CT molecular complexity index is 961. The van der Waals surface area contributed by atoms with Crippen molar-refractivity contribution in [3.05, 3.63) is 57.6 Å². The Balaban J connectivity index is 2.40. The molecule has 0 bridgehead atoms. The van der Waals surface area contributed by atoms with Gasteiger partial charge in [-0.05, 0) is 61.7 Å². The summed E-state index contributed by atoms with van der Waals surface area (Å²) in [6.45, 7) is 5.67. The van der Waals surface area contributed by atoms with Gasteiger partial charge in [-0.3, -0.25) is 9.10 Å². The predicted molar refractivity (Wildman–Crippen MR) is 112 cm³/mol. The third kappa shape index (κ3) is 5.15. The molecule has 1 amide bonds. The van der Waals surface area contributed by atoms with Crippen molar-refractivity contribution < 1.29 is 13.2 Å². The first kappa shape index (κ1) is 21.5. The fourth-order valence-electron chi connectivity index (χ4n) is 2.73. The van der Waals surface area contributed by atoms with Gasteiger partial charge in [0.25, 0.3) is 0 Å². The third-order valence-electron chi connectivity index (χ3n) is 4.26. The molecule has 0 fully saturated rings. The van der Waals surface area contributed by atoms with Gasteiger partial charge in [0.15, 0.2) is 0 Å². The molecule has 27 heavy (non-hydrogen) atoms. The van der Waals surface area contributed by atoms with E-state index in [1.54, 1.807) is 13.0 Å². The zero-order valence-electron chi connectivity index (χ0n) is 15.6. The minimum Gasteiger partial charge on any atom is -0.324 e. The third-order valence-corrected chi connectivity index (χ3v) is 6.18. The lowest BCUT2D eigenvalue weighted by Gasteiger charge is -2.30. The molecule has 8 heteroatoms. The number of anilines is 2. The molecule has 5 nitrogen and oxygen atoms in total. The van der Waals surface area contributed by atoms with Gasteiger partial charge in [-0.25, -0.2) is 8.42 Å². The Labute approximate surface area is 170 Å². The molecule has 0 aliphatic carbocycles. The number of hydrogen-bond acceptors (Lipinski definition) is 3. The zero-order valence-corrected chi connectivity index (χ0v) is 17.9. The van der Waals surface area contributed by atoms with E-state index >= 15 is 0 Å². The maximum absolute atomic E-state index is 12.9. The Morgan fingerprint density at radius 1 is 1.07 bits per heavy atom. The summed E-state index contributed by atoms with van der Waals surface area (Å²) in [5.41, 5.74) is 3.04. The molecule has 0 aromatic heterocycles. The number of carbonyl (C=O) groups is 1. The molecule has 0 aliphatic heterocycles. The normalized spacial score (nSPS) is 12.5. The van der Waals surface area contributed by atoms with Crippen molar-refractivity contribution >= 4 is 50.5 Å². The van der Waals surface area contributed by atoms with Gasteiger partial charge in [0.2, 0.25) is 15.9 Å². The van der Waals surface area contributed by atoms with Crippen LogP contribution in [0.5, 0.6) is 0 Å². The lowest BCUT2D eigenvalue weighted by atomic mass is 10.1. The molecule has 2 aromatic carbocycles. The van der Waals surface area contributed by atoms with E-state index in [4.69, 9.17) is 23.2 Å². The van der Waals surface area contributed by atoms with Gasteiger partial charge < -0.3 is 5.32 Å². The number of rotatable bonds is 6. The number of nitrogens with zero attached hydrogens (tertiary/aromatic N) is 1. The number of aryl methyl sites for hydroxylation is 2. The van der Waals surface area contributed by atoms with Gasteiger partial charge >= 0.3 is 0 Å². The van der Waals surface area contributed by atoms with Crippen LogP contribution < -0.4 is 9.62 Å². The molecule has 2 rings (SSSR count). The van der Waals surface area contributed by atoms with Gasteiger partial charge in [-0.15, -0.1) is 0 Å². The Hall–Kier alpha value is -1.76. The van der Waals surface area contributed by atoms with Gasteiger partial charge in [0, 0.05) is 5.69 Å². The van der Waals surface area contributed by atoms with Crippen molar-refractivity contribution in [3.8, 4) is 0 Å². The fraction of sp³-hybridized carbons (Fsp3) is 0.316. The highest BCUT2D eigenvalue weighted by Gasteiger charge is 2.32. The molecular weight excluding hydrogens is 407 g/mol. The summed E-state index contributed by atoms with van der Waals surface area (Å²) < 4.78 is 26.0. The summed E-state index contributed by atoms with van der Waals surface area (Å²) in [7, 11) is -3.74.